The highest BCUT2D eigenvalue weighted by molar-refractivity contribution is 5.43. The molecule has 0 saturated carbocycles. The van der Waals surface area contributed by atoms with Gasteiger partial charge in [-0.05, 0) is 31.0 Å². The Morgan fingerprint density at radius 3 is 2.40 bits per heavy atom. The zero-order chi connectivity index (χ0) is 15.0. The number of ether oxygens (including phenoxy) is 3. The van der Waals surface area contributed by atoms with E-state index in [0.29, 0.717) is 31.1 Å². The standard InChI is InChI=1S/C15H25NO4/c1-15(11-17,16-7-8-18-2)10-12-5-6-13(19-3)14(9-12)20-4/h5-6,9,16-17H,7-8,10-11H2,1-4H3. The molecule has 1 rings (SSSR count). The minimum absolute atomic E-state index is 0.0467. The van der Waals surface area contributed by atoms with Gasteiger partial charge in [0.15, 0.2) is 11.5 Å². The summed E-state index contributed by atoms with van der Waals surface area (Å²) in [6, 6.07) is 5.79. The molecule has 0 spiro atoms. The summed E-state index contributed by atoms with van der Waals surface area (Å²) in [5.74, 6) is 1.40. The number of hydrogen-bond donors (Lipinski definition) is 2. The Balaban J connectivity index is 2.78. The van der Waals surface area contributed by atoms with E-state index < -0.39 is 5.54 Å². The molecule has 0 aromatic heterocycles. The third kappa shape index (κ3) is 4.67. The molecule has 1 aromatic carbocycles. The number of methoxy groups -OCH3 is 3. The molecule has 5 heteroatoms. The lowest BCUT2D eigenvalue weighted by molar-refractivity contribution is 0.147. The number of benzene rings is 1. The molecule has 5 nitrogen and oxygen atoms in total. The maximum Gasteiger partial charge on any atom is 0.160 e. The largest absolute Gasteiger partial charge is 0.493 e. The van der Waals surface area contributed by atoms with Crippen LogP contribution >= 0.6 is 0 Å². The van der Waals surface area contributed by atoms with Gasteiger partial charge in [-0.25, -0.2) is 0 Å². The van der Waals surface area contributed by atoms with Crippen LogP contribution in [0.3, 0.4) is 0 Å². The molecule has 0 aliphatic carbocycles. The van der Waals surface area contributed by atoms with Crippen LogP contribution in [0.1, 0.15) is 12.5 Å². The Bertz CT molecular complexity index is 411. The summed E-state index contributed by atoms with van der Waals surface area (Å²) in [4.78, 5) is 0. The van der Waals surface area contributed by atoms with Crippen LogP contribution in [0.4, 0.5) is 0 Å². The van der Waals surface area contributed by atoms with Crippen molar-refractivity contribution in [3.05, 3.63) is 23.8 Å². The molecule has 1 unspecified atom stereocenters. The summed E-state index contributed by atoms with van der Waals surface area (Å²) in [5.41, 5.74) is 0.683. The van der Waals surface area contributed by atoms with E-state index in [4.69, 9.17) is 14.2 Å². The first-order valence-electron chi connectivity index (χ1n) is 6.64. The number of aliphatic hydroxyl groups is 1. The molecule has 0 bridgehead atoms. The molecule has 20 heavy (non-hydrogen) atoms. The summed E-state index contributed by atoms with van der Waals surface area (Å²) < 4.78 is 15.5. The topological polar surface area (TPSA) is 60.0 Å². The van der Waals surface area contributed by atoms with Crippen molar-refractivity contribution in [3.63, 3.8) is 0 Å². The van der Waals surface area contributed by atoms with Crippen LogP contribution in [0, 0.1) is 0 Å². The van der Waals surface area contributed by atoms with Gasteiger partial charge in [0.2, 0.25) is 0 Å². The highest BCUT2D eigenvalue weighted by Crippen LogP contribution is 2.28. The second kappa shape index (κ2) is 8.09. The number of aliphatic hydroxyl groups excluding tert-OH is 1. The van der Waals surface area contributed by atoms with E-state index in [1.165, 1.54) is 0 Å². The number of rotatable bonds is 9. The van der Waals surface area contributed by atoms with E-state index in [1.54, 1.807) is 21.3 Å². The van der Waals surface area contributed by atoms with Crippen LogP contribution < -0.4 is 14.8 Å². The van der Waals surface area contributed by atoms with Crippen LogP contribution in [-0.2, 0) is 11.2 Å². The van der Waals surface area contributed by atoms with Gasteiger partial charge < -0.3 is 24.6 Å². The van der Waals surface area contributed by atoms with Crippen molar-refractivity contribution >= 4 is 0 Å². The van der Waals surface area contributed by atoms with Crippen molar-refractivity contribution in [2.24, 2.45) is 0 Å². The third-order valence-corrected chi connectivity index (χ3v) is 3.25. The van der Waals surface area contributed by atoms with Crippen molar-refractivity contribution in [2.45, 2.75) is 18.9 Å². The first kappa shape index (κ1) is 16.8. The molecular formula is C15H25NO4. The quantitative estimate of drug-likeness (QED) is 0.668. The van der Waals surface area contributed by atoms with Gasteiger partial charge >= 0.3 is 0 Å². The average Bonchev–Trinajstić information content (AvgIpc) is 2.47. The van der Waals surface area contributed by atoms with Crippen LogP contribution in [0.5, 0.6) is 11.5 Å². The van der Waals surface area contributed by atoms with E-state index in [9.17, 15) is 5.11 Å². The fraction of sp³-hybridized carbons (Fsp3) is 0.600. The van der Waals surface area contributed by atoms with Gasteiger partial charge in [0.05, 0.1) is 27.4 Å². The van der Waals surface area contributed by atoms with Crippen molar-refractivity contribution in [1.82, 2.24) is 5.32 Å². The van der Waals surface area contributed by atoms with Gasteiger partial charge in [0, 0.05) is 19.2 Å². The maximum atomic E-state index is 9.61. The van der Waals surface area contributed by atoms with E-state index in [1.807, 2.05) is 25.1 Å². The zero-order valence-electron chi connectivity index (χ0n) is 12.7. The Morgan fingerprint density at radius 2 is 1.85 bits per heavy atom. The third-order valence-electron chi connectivity index (χ3n) is 3.25. The Morgan fingerprint density at radius 1 is 1.15 bits per heavy atom. The fourth-order valence-electron chi connectivity index (χ4n) is 2.07. The van der Waals surface area contributed by atoms with Crippen LogP contribution in [-0.4, -0.2) is 51.7 Å². The second-order valence-electron chi connectivity index (χ2n) is 5.00. The lowest BCUT2D eigenvalue weighted by atomic mass is 9.93. The van der Waals surface area contributed by atoms with E-state index in [-0.39, 0.29) is 6.61 Å². The lowest BCUT2D eigenvalue weighted by Gasteiger charge is -2.29. The molecule has 0 amide bonds. The minimum atomic E-state index is -0.391. The average molecular weight is 283 g/mol. The minimum Gasteiger partial charge on any atom is -0.493 e. The molecule has 0 radical (unpaired) electrons. The summed E-state index contributed by atoms with van der Waals surface area (Å²) in [6.45, 7) is 3.34. The summed E-state index contributed by atoms with van der Waals surface area (Å²) in [7, 11) is 4.89. The smallest absolute Gasteiger partial charge is 0.160 e. The number of hydrogen-bond acceptors (Lipinski definition) is 5. The van der Waals surface area contributed by atoms with Gasteiger partial charge in [0.25, 0.3) is 0 Å². The van der Waals surface area contributed by atoms with Crippen molar-refractivity contribution in [1.29, 1.82) is 0 Å². The second-order valence-corrected chi connectivity index (χ2v) is 5.00. The van der Waals surface area contributed by atoms with Crippen molar-refractivity contribution in [2.75, 3.05) is 41.1 Å². The lowest BCUT2D eigenvalue weighted by Crippen LogP contribution is -2.48. The molecule has 114 valence electrons. The normalized spacial score (nSPS) is 13.8. The molecule has 0 aliphatic heterocycles. The van der Waals surface area contributed by atoms with Crippen molar-refractivity contribution < 1.29 is 19.3 Å². The Hall–Kier alpha value is -1.30. The Labute approximate surface area is 120 Å². The predicted octanol–water partition coefficient (Wildman–Crippen LogP) is 1.23. The van der Waals surface area contributed by atoms with Crippen LogP contribution in [0.2, 0.25) is 0 Å². The molecular weight excluding hydrogens is 258 g/mol. The van der Waals surface area contributed by atoms with Gasteiger partial charge in [-0.2, -0.15) is 0 Å². The summed E-state index contributed by atoms with van der Waals surface area (Å²) in [5, 5.41) is 12.9. The van der Waals surface area contributed by atoms with Gasteiger partial charge in [-0.1, -0.05) is 6.07 Å². The first-order chi connectivity index (χ1) is 9.58. The van der Waals surface area contributed by atoms with Crippen molar-refractivity contribution in [3.8, 4) is 11.5 Å². The molecule has 0 fully saturated rings. The van der Waals surface area contributed by atoms with Gasteiger partial charge in [-0.15, -0.1) is 0 Å². The molecule has 1 aromatic rings. The highest BCUT2D eigenvalue weighted by atomic mass is 16.5. The first-order valence-corrected chi connectivity index (χ1v) is 6.64. The SMILES string of the molecule is COCCNC(C)(CO)Cc1ccc(OC)c(OC)c1. The predicted molar refractivity (Wildman–Crippen MR) is 78.6 cm³/mol. The zero-order valence-corrected chi connectivity index (χ0v) is 12.7. The fourth-order valence-corrected chi connectivity index (χ4v) is 2.07. The van der Waals surface area contributed by atoms with Crippen LogP contribution in [0.15, 0.2) is 18.2 Å². The summed E-state index contributed by atoms with van der Waals surface area (Å²) >= 11 is 0. The van der Waals surface area contributed by atoms with E-state index in [0.717, 1.165) is 5.56 Å². The van der Waals surface area contributed by atoms with E-state index in [2.05, 4.69) is 5.32 Å². The highest BCUT2D eigenvalue weighted by Gasteiger charge is 2.23. The van der Waals surface area contributed by atoms with Gasteiger partial charge in [0.1, 0.15) is 0 Å². The molecule has 2 N–H and O–H groups in total. The van der Waals surface area contributed by atoms with Gasteiger partial charge in [-0.3, -0.25) is 0 Å². The molecule has 0 heterocycles. The Kier molecular flexibility index (Phi) is 6.78. The molecule has 1 atom stereocenters. The monoisotopic (exact) mass is 283 g/mol. The summed E-state index contributed by atoms with van der Waals surface area (Å²) in [6.07, 6.45) is 0.688. The van der Waals surface area contributed by atoms with Crippen LogP contribution in [0.25, 0.3) is 0 Å². The molecule has 0 saturated heterocycles. The van der Waals surface area contributed by atoms with E-state index >= 15 is 0 Å². The number of nitrogens with one attached hydrogen (secondary N) is 1. The molecule has 0 aliphatic rings. The maximum absolute atomic E-state index is 9.61.